The lowest BCUT2D eigenvalue weighted by atomic mass is 9.63. The second-order valence-corrected chi connectivity index (χ2v) is 26.8. The van der Waals surface area contributed by atoms with Gasteiger partial charge in [-0.25, -0.2) is 0 Å². The van der Waals surface area contributed by atoms with Crippen LogP contribution in [0.4, 0.5) is 0 Å². The van der Waals surface area contributed by atoms with Gasteiger partial charge in [-0.1, -0.05) is 242 Å². The highest BCUT2D eigenvalue weighted by Gasteiger charge is 2.53. The van der Waals surface area contributed by atoms with Crippen LogP contribution in [0, 0.1) is 0 Å². The van der Waals surface area contributed by atoms with Crippen LogP contribution in [-0.2, 0) is 16.2 Å². The Bertz CT molecular complexity index is 4120. The number of hydrogen-bond acceptors (Lipinski definition) is 2. The highest BCUT2D eigenvalue weighted by molar-refractivity contribution is 7.20. The van der Waals surface area contributed by atoms with Crippen molar-refractivity contribution in [3.05, 3.63) is 278 Å². The zero-order chi connectivity index (χ0) is 51.2. The number of pyridine rings is 2. The number of nitrogens with zero attached hydrogens (tertiary/aromatic N) is 1. The van der Waals surface area contributed by atoms with Crippen molar-refractivity contribution in [2.45, 2.75) is 57.8 Å². The summed E-state index contributed by atoms with van der Waals surface area (Å²) in [6, 6.07) is 81.1. The predicted molar refractivity (Wildman–Crippen MR) is 316 cm³/mol. The van der Waals surface area contributed by atoms with E-state index in [2.05, 4.69) is 270 Å². The topological polar surface area (TPSA) is 38.5 Å². The summed E-state index contributed by atoms with van der Waals surface area (Å²) in [5.41, 5.74) is 14.2. The molecule has 2 aliphatic rings. The molecule has 0 radical (unpaired) electrons. The molecular formula is C71H55NO2Si. The first-order chi connectivity index (χ1) is 36.3. The first-order valence-corrected chi connectivity index (χ1v) is 28.3. The van der Waals surface area contributed by atoms with E-state index in [1.54, 1.807) is 0 Å². The van der Waals surface area contributed by atoms with Crippen molar-refractivity contribution in [2.24, 2.45) is 0 Å². The van der Waals surface area contributed by atoms with Gasteiger partial charge in [0.25, 0.3) is 0 Å². The van der Waals surface area contributed by atoms with Crippen LogP contribution in [0.5, 0.6) is 0 Å². The van der Waals surface area contributed by atoms with E-state index in [9.17, 15) is 0 Å². The van der Waals surface area contributed by atoms with Gasteiger partial charge in [-0.3, -0.25) is 9.59 Å². The number of aromatic nitrogens is 1. The van der Waals surface area contributed by atoms with Crippen LogP contribution < -0.4 is 31.6 Å². The van der Waals surface area contributed by atoms with Gasteiger partial charge in [-0.05, 0) is 123 Å². The molecule has 0 atom stereocenters. The molecule has 1 aliphatic carbocycles. The van der Waals surface area contributed by atoms with Gasteiger partial charge in [0.05, 0.1) is 22.0 Å². The van der Waals surface area contributed by atoms with Crippen LogP contribution >= 0.6 is 0 Å². The normalized spacial score (nSPS) is 13.7. The van der Waals surface area contributed by atoms with Gasteiger partial charge in [0.1, 0.15) is 0 Å². The van der Waals surface area contributed by atoms with Crippen molar-refractivity contribution in [2.75, 3.05) is 0 Å². The van der Waals surface area contributed by atoms with Gasteiger partial charge in [0.15, 0.2) is 18.9 Å². The Balaban J connectivity index is 1.24. The van der Waals surface area contributed by atoms with Crippen molar-refractivity contribution in [3.8, 4) is 33.4 Å². The number of fused-ring (bicyclic) bond motifs is 7. The molecule has 2 aromatic heterocycles. The van der Waals surface area contributed by atoms with E-state index in [4.69, 9.17) is 0 Å². The lowest BCUT2D eigenvalue weighted by molar-refractivity contribution is 0.586. The summed E-state index contributed by atoms with van der Waals surface area (Å²) in [4.78, 5) is 33.1. The number of benzene rings is 10. The van der Waals surface area contributed by atoms with Gasteiger partial charge in [-0.15, -0.1) is 0 Å². The van der Waals surface area contributed by atoms with Crippen LogP contribution in [0.25, 0.3) is 71.5 Å². The fourth-order valence-corrected chi connectivity index (χ4v) is 18.3. The van der Waals surface area contributed by atoms with Gasteiger partial charge >= 0.3 is 0 Å². The Morgan fingerprint density at radius 2 is 0.693 bits per heavy atom. The summed E-state index contributed by atoms with van der Waals surface area (Å²) in [6.07, 6.45) is 0. The second-order valence-electron chi connectivity index (χ2n) is 23.0. The van der Waals surface area contributed by atoms with E-state index < -0.39 is 13.5 Å². The van der Waals surface area contributed by atoms with Crippen molar-refractivity contribution < 1.29 is 0 Å². The van der Waals surface area contributed by atoms with E-state index in [1.165, 1.54) is 26.7 Å². The Morgan fingerprint density at radius 1 is 0.347 bits per heavy atom. The SMILES string of the molecule is CC(C)(C)c1cc2c3c(c1)c(=O)c1cc([Si](c4ccccc4)(c4ccccc4)c4ccccc4)cc4c(=O)c5cc(C(C)(C)C)cc(c5n3c14)C21c2cccc(-c3ccccc3)c2-c2c(-c3ccccc3)cccc21. The Morgan fingerprint density at radius 3 is 1.05 bits per heavy atom. The van der Waals surface area contributed by atoms with Crippen molar-refractivity contribution in [1.29, 1.82) is 0 Å². The molecular weight excluding hydrogens is 927 g/mol. The Kier molecular flexibility index (Phi) is 9.66. The van der Waals surface area contributed by atoms with Gasteiger partial charge in [0.2, 0.25) is 0 Å². The third kappa shape index (κ3) is 6.15. The van der Waals surface area contributed by atoms with Crippen LogP contribution in [0.15, 0.2) is 234 Å². The van der Waals surface area contributed by atoms with E-state index in [0.29, 0.717) is 27.1 Å². The van der Waals surface area contributed by atoms with Crippen molar-refractivity contribution >= 4 is 66.9 Å². The number of hydrogen-bond donors (Lipinski definition) is 0. The first-order valence-electron chi connectivity index (χ1n) is 26.3. The van der Waals surface area contributed by atoms with Gasteiger partial charge in [-0.2, -0.15) is 0 Å². The molecule has 0 bridgehead atoms. The molecule has 0 saturated carbocycles. The number of rotatable bonds is 6. The Hall–Kier alpha value is -8.44. The van der Waals surface area contributed by atoms with Crippen molar-refractivity contribution in [1.82, 2.24) is 4.40 Å². The van der Waals surface area contributed by atoms with Crippen LogP contribution in [0.3, 0.4) is 0 Å². The van der Waals surface area contributed by atoms with Crippen molar-refractivity contribution in [3.63, 3.8) is 0 Å². The summed E-state index contributed by atoms with van der Waals surface area (Å²) in [7, 11) is -3.22. The molecule has 3 heterocycles. The molecule has 0 fully saturated rings. The maximum Gasteiger partial charge on any atom is 0.197 e. The molecule has 12 aromatic rings. The van der Waals surface area contributed by atoms with E-state index in [-0.39, 0.29) is 21.7 Å². The fourth-order valence-electron chi connectivity index (χ4n) is 13.5. The summed E-state index contributed by atoms with van der Waals surface area (Å²) >= 11 is 0. The third-order valence-corrected chi connectivity index (χ3v) is 21.7. The van der Waals surface area contributed by atoms with Gasteiger partial charge in [0, 0.05) is 21.5 Å². The standard InChI is InChI=1S/C71H55NO2Si/c1-69(2,3)46-38-54-65-60(40-46)71(58-36-22-34-52(44-24-12-7-13-25-44)62(58)63-53(35-23-37-59(63)71)45-26-14-8-15-27-45)61-41-47(70(4,5)6)39-55-66(61)72(65)64-56(67(54)73)42-51(43-57(64)68(55)74)75(48-28-16-9-17-29-48,49-30-18-10-19-31-49)50-32-20-11-21-33-50/h7-43H,1-6H3. The van der Waals surface area contributed by atoms with E-state index >= 15 is 9.59 Å². The zero-order valence-corrected chi connectivity index (χ0v) is 44.1. The highest BCUT2D eigenvalue weighted by Crippen LogP contribution is 2.64. The molecule has 4 heteroatoms. The first kappa shape index (κ1) is 45.2. The summed E-state index contributed by atoms with van der Waals surface area (Å²) in [5.74, 6) is 0. The van der Waals surface area contributed by atoms with Crippen LogP contribution in [0.1, 0.15) is 74.9 Å². The monoisotopic (exact) mass is 981 g/mol. The maximum atomic E-state index is 16.5. The quantitative estimate of drug-likeness (QED) is 0.0721. The molecule has 75 heavy (non-hydrogen) atoms. The molecule has 0 unspecified atom stereocenters. The minimum atomic E-state index is -3.22. The maximum absolute atomic E-state index is 16.5. The van der Waals surface area contributed by atoms with E-state index in [1.807, 2.05) is 0 Å². The molecule has 0 amide bonds. The minimum absolute atomic E-state index is 0.0561. The molecule has 0 N–H and O–H groups in total. The lowest BCUT2D eigenvalue weighted by Crippen LogP contribution is -2.74. The molecule has 360 valence electrons. The highest BCUT2D eigenvalue weighted by atomic mass is 28.3. The molecule has 1 spiro atoms. The van der Waals surface area contributed by atoms with Gasteiger partial charge < -0.3 is 4.40 Å². The molecule has 10 aromatic carbocycles. The summed E-state index contributed by atoms with van der Waals surface area (Å²) < 4.78 is 2.37. The molecule has 1 aliphatic heterocycles. The largest absolute Gasteiger partial charge is 0.307 e. The molecule has 3 nitrogen and oxygen atoms in total. The summed E-state index contributed by atoms with van der Waals surface area (Å²) in [6.45, 7) is 13.6. The Labute approximate surface area is 438 Å². The molecule has 0 saturated heterocycles. The average Bonchev–Trinajstić information content (AvgIpc) is 3.99. The third-order valence-electron chi connectivity index (χ3n) is 16.9. The molecule has 14 rings (SSSR count). The second kappa shape index (κ2) is 16.0. The summed E-state index contributed by atoms with van der Waals surface area (Å²) in [5, 5.41) is 7.01. The van der Waals surface area contributed by atoms with E-state index in [0.717, 1.165) is 71.9 Å². The van der Waals surface area contributed by atoms with Crippen LogP contribution in [-0.4, -0.2) is 12.5 Å². The fraction of sp³-hybridized carbons (Fsp3) is 0.127. The zero-order valence-electron chi connectivity index (χ0n) is 43.1. The smallest absolute Gasteiger partial charge is 0.197 e. The predicted octanol–water partition coefficient (Wildman–Crippen LogP) is 13.5. The minimum Gasteiger partial charge on any atom is -0.307 e. The lowest BCUT2D eigenvalue weighted by Gasteiger charge is -2.41. The van der Waals surface area contributed by atoms with Crippen LogP contribution in [0.2, 0.25) is 0 Å². The average molecular weight is 982 g/mol.